The summed E-state index contributed by atoms with van der Waals surface area (Å²) in [5, 5.41) is 9.14. The molecule has 270 valence electrons. The summed E-state index contributed by atoms with van der Waals surface area (Å²) >= 11 is 4.13. The third kappa shape index (κ3) is 15.8. The smallest absolute Gasteiger partial charge is 0.188 e. The first kappa shape index (κ1) is 44.2. The van der Waals surface area contributed by atoms with Crippen molar-refractivity contribution < 1.29 is 38.3 Å². The molecule has 11 heteroatoms. The van der Waals surface area contributed by atoms with E-state index in [1.807, 2.05) is 18.2 Å². The Kier molecular flexibility index (Phi) is 23.9. The van der Waals surface area contributed by atoms with Crippen LogP contribution in [0.4, 0.5) is 0 Å². The van der Waals surface area contributed by atoms with Gasteiger partial charge in [-0.3, -0.25) is 0 Å². The van der Waals surface area contributed by atoms with Gasteiger partial charge in [0.1, 0.15) is 0 Å². The Hall–Kier alpha value is -1.86. The van der Waals surface area contributed by atoms with Gasteiger partial charge in [-0.25, -0.2) is 0 Å². The molecule has 0 aliphatic carbocycles. The topological polar surface area (TPSA) is 84.8 Å². The Morgan fingerprint density at radius 3 is 1.38 bits per heavy atom. The van der Waals surface area contributed by atoms with Crippen molar-refractivity contribution >= 4 is 53.8 Å². The molecule has 0 amide bonds. The van der Waals surface area contributed by atoms with Crippen molar-refractivity contribution in [2.24, 2.45) is 0 Å². The molecule has 0 aliphatic rings. The molecule has 0 unspecified atom stereocenters. The van der Waals surface area contributed by atoms with Crippen LogP contribution >= 0.6 is 31.9 Å². The summed E-state index contributed by atoms with van der Waals surface area (Å²) in [5.74, 6) is 3.65. The third-order valence-corrected chi connectivity index (χ3v) is 24.3. The summed E-state index contributed by atoms with van der Waals surface area (Å²) in [6.45, 7) is 7.43. The molecule has 8 nitrogen and oxygen atoms in total. The summed E-state index contributed by atoms with van der Waals surface area (Å²) in [7, 11) is 8.05. The Bertz CT molecular complexity index is 1270. The zero-order valence-corrected chi connectivity index (χ0v) is 36.1. The summed E-state index contributed by atoms with van der Waals surface area (Å²) in [6, 6.07) is 17.4. The first-order valence-corrected chi connectivity index (χ1v) is 25.5. The Balaban J connectivity index is 0.000000413. The molecule has 3 aromatic carbocycles. The molecule has 0 atom stereocenters. The first-order chi connectivity index (χ1) is 23.2. The molecule has 0 saturated heterocycles. The number of phenols is 1. The average Bonchev–Trinajstić information content (AvgIpc) is 3.10. The van der Waals surface area contributed by atoms with Crippen LogP contribution in [0.3, 0.4) is 0 Å². The van der Waals surface area contributed by atoms with Gasteiger partial charge in [0.2, 0.25) is 0 Å². The molecule has 0 saturated carbocycles. The van der Waals surface area contributed by atoms with E-state index < -0.39 is 18.4 Å². The van der Waals surface area contributed by atoms with Crippen molar-refractivity contribution in [1.82, 2.24) is 0 Å². The molecule has 0 heterocycles. The molecule has 48 heavy (non-hydrogen) atoms. The van der Waals surface area contributed by atoms with Crippen LogP contribution in [0.25, 0.3) is 0 Å². The average molecular weight is 907 g/mol. The maximum atomic E-state index is 9.14. The summed E-state index contributed by atoms with van der Waals surface area (Å²) in [4.78, 5) is 0. The third-order valence-electron chi connectivity index (χ3n) is 7.73. The first-order valence-electron chi connectivity index (χ1n) is 16.5. The summed E-state index contributed by atoms with van der Waals surface area (Å²) < 4.78 is 44.2. The van der Waals surface area contributed by atoms with Crippen LogP contribution < -0.4 is 27.3 Å². The van der Waals surface area contributed by atoms with E-state index in [4.69, 9.17) is 38.3 Å². The fourth-order valence-electron chi connectivity index (χ4n) is 5.14. The van der Waals surface area contributed by atoms with Gasteiger partial charge in [-0.1, -0.05) is 31.9 Å². The molecular formula is C37H56Br2O8Sn. The monoisotopic (exact) mass is 906 g/mol. The van der Waals surface area contributed by atoms with E-state index in [1.54, 1.807) is 50.2 Å². The number of benzene rings is 3. The largest absolute Gasteiger partial charge is 0.504 e. The number of rotatable bonds is 19. The molecule has 0 aromatic heterocycles. The predicted octanol–water partition coefficient (Wildman–Crippen LogP) is 10.3. The van der Waals surface area contributed by atoms with E-state index in [2.05, 4.69) is 70.8 Å². The molecule has 0 bridgehead atoms. The van der Waals surface area contributed by atoms with Crippen molar-refractivity contribution in [3.63, 3.8) is 0 Å². The van der Waals surface area contributed by atoms with Crippen molar-refractivity contribution in [1.29, 1.82) is 0 Å². The summed E-state index contributed by atoms with van der Waals surface area (Å²) in [5.41, 5.74) is 0. The minimum Gasteiger partial charge on any atom is -0.504 e. The summed E-state index contributed by atoms with van der Waals surface area (Å²) in [6.07, 6.45) is 7.97. The number of aromatic hydroxyl groups is 1. The molecule has 0 radical (unpaired) electrons. The van der Waals surface area contributed by atoms with Gasteiger partial charge >= 0.3 is 159 Å². The van der Waals surface area contributed by atoms with Crippen LogP contribution in [0.5, 0.6) is 34.5 Å². The number of ether oxygens (including phenoxy) is 7. The zero-order chi connectivity index (χ0) is 35.8. The van der Waals surface area contributed by atoms with Crippen LogP contribution in [0.15, 0.2) is 63.5 Å². The minimum atomic E-state index is -2.42. The van der Waals surface area contributed by atoms with Crippen molar-refractivity contribution in [3.8, 4) is 34.5 Å². The number of halogens is 2. The molecule has 0 fully saturated rings. The van der Waals surface area contributed by atoms with E-state index in [9.17, 15) is 0 Å². The fourth-order valence-corrected chi connectivity index (χ4v) is 21.8. The Morgan fingerprint density at radius 2 is 0.958 bits per heavy atom. The van der Waals surface area contributed by atoms with Crippen molar-refractivity contribution in [2.75, 3.05) is 49.1 Å². The number of phenolic OH excluding ortho intramolecular Hbond substituents is 1. The Morgan fingerprint density at radius 1 is 0.542 bits per heavy atom. The van der Waals surface area contributed by atoms with Crippen LogP contribution in [0, 0.1) is 0 Å². The molecule has 1 N–H and O–H groups in total. The second-order valence-corrected chi connectivity index (χ2v) is 26.2. The van der Waals surface area contributed by atoms with E-state index in [0.29, 0.717) is 17.2 Å². The van der Waals surface area contributed by atoms with Gasteiger partial charge < -0.3 is 24.1 Å². The van der Waals surface area contributed by atoms with Gasteiger partial charge in [0.15, 0.2) is 29.8 Å². The minimum absolute atomic E-state index is 0.150. The molecule has 3 aromatic rings. The Labute approximate surface area is 309 Å². The maximum absolute atomic E-state index is 9.14. The molecule has 3 rings (SSSR count). The van der Waals surface area contributed by atoms with Gasteiger partial charge in [-0.05, 0) is 36.4 Å². The number of hydrogen-bond acceptors (Lipinski definition) is 8. The zero-order valence-electron chi connectivity index (χ0n) is 30.0. The number of methoxy groups -OCH3 is 5. The normalized spacial score (nSPS) is 10.6. The standard InChI is InChI=1S/C9H11BrO3.C9H11O3.C7H7BrO2.3C4H9.Sn/c1-11-6-13-9-5-7(10)3-4-8(9)12-2;1-10-7-12-9-6-4-3-5-8(9)11-2;1-10-7-3-2-5(8)4-6(7)9;3*1-3-4-2;/h3-5H,6H2,1-2H3;3,5-6H,7H2,1-2H3;2-4,9H,1H3;3*1,3-4H2,2H3;. The van der Waals surface area contributed by atoms with Gasteiger partial charge in [-0.15, -0.1) is 0 Å². The van der Waals surface area contributed by atoms with Crippen LogP contribution in [0.2, 0.25) is 13.3 Å². The predicted molar refractivity (Wildman–Crippen MR) is 206 cm³/mol. The van der Waals surface area contributed by atoms with E-state index >= 15 is 0 Å². The van der Waals surface area contributed by atoms with Gasteiger partial charge in [0.25, 0.3) is 0 Å². The van der Waals surface area contributed by atoms with Gasteiger partial charge in [0.05, 0.1) is 14.2 Å². The van der Waals surface area contributed by atoms with E-state index in [1.165, 1.54) is 58.9 Å². The second-order valence-electron chi connectivity index (χ2n) is 11.2. The van der Waals surface area contributed by atoms with Crippen molar-refractivity contribution in [2.45, 2.75) is 72.6 Å². The second kappa shape index (κ2) is 26.0. The van der Waals surface area contributed by atoms with Crippen molar-refractivity contribution in [3.05, 3.63) is 63.5 Å². The van der Waals surface area contributed by atoms with E-state index in [-0.39, 0.29) is 19.3 Å². The number of hydrogen-bond donors (Lipinski definition) is 1. The van der Waals surface area contributed by atoms with Crippen LogP contribution in [-0.2, 0) is 9.47 Å². The fraction of sp³-hybridized carbons (Fsp3) is 0.514. The van der Waals surface area contributed by atoms with Gasteiger partial charge in [-0.2, -0.15) is 0 Å². The van der Waals surface area contributed by atoms with E-state index in [0.717, 1.165) is 20.4 Å². The van der Waals surface area contributed by atoms with Crippen LogP contribution in [0.1, 0.15) is 59.3 Å². The molecule has 0 aliphatic heterocycles. The quantitative estimate of drug-likeness (QED) is 0.0941. The number of unbranched alkanes of at least 4 members (excludes halogenated alkanes) is 3. The molecule has 0 spiro atoms. The van der Waals surface area contributed by atoms with Gasteiger partial charge in [0, 0.05) is 16.1 Å². The SMILES string of the molecule is CCC[CH2][Sn]([CH2]CCC)([CH2]CCC)[c]1ccc(OC)c(OCOC)c1.COCOc1cc(Br)ccc1OC.COc1ccc(Br)cc1O. The van der Waals surface area contributed by atoms with Crippen LogP contribution in [-0.4, -0.2) is 72.6 Å². The maximum Gasteiger partial charge on any atom is 0.188 e. The molecular weight excluding hydrogens is 851 g/mol.